The number of methoxy groups -OCH3 is 3. The molecule has 28 heavy (non-hydrogen) atoms. The van der Waals surface area contributed by atoms with Gasteiger partial charge in [-0.2, -0.15) is 0 Å². The standard InChI is InChI=1S/C22H20O6/c1-26-19-11-15(12-20(27-2)22(19)28-3)21(25)17-10-14(6-9-18(17)24)13-4-7-16(23)8-5-13/h4-12,23-24H,1-3H3. The minimum atomic E-state index is -0.391. The van der Waals surface area contributed by atoms with E-state index in [9.17, 15) is 15.0 Å². The van der Waals surface area contributed by atoms with E-state index in [4.69, 9.17) is 14.2 Å². The lowest BCUT2D eigenvalue weighted by atomic mass is 9.97. The lowest BCUT2D eigenvalue weighted by Gasteiger charge is -2.14. The van der Waals surface area contributed by atoms with Gasteiger partial charge in [-0.05, 0) is 47.5 Å². The monoisotopic (exact) mass is 380 g/mol. The van der Waals surface area contributed by atoms with Crippen molar-refractivity contribution < 1.29 is 29.2 Å². The predicted octanol–water partition coefficient (Wildman–Crippen LogP) is 4.02. The summed E-state index contributed by atoms with van der Waals surface area (Å²) in [6, 6.07) is 14.4. The number of carbonyl (C=O) groups is 1. The quantitative estimate of drug-likeness (QED) is 0.628. The fourth-order valence-electron chi connectivity index (χ4n) is 2.92. The number of ether oxygens (including phenoxy) is 3. The van der Waals surface area contributed by atoms with Crippen molar-refractivity contribution in [1.82, 2.24) is 0 Å². The zero-order chi connectivity index (χ0) is 20.3. The second-order valence-electron chi connectivity index (χ2n) is 6.02. The Labute approximate surface area is 162 Å². The maximum absolute atomic E-state index is 13.1. The Morgan fingerprint density at radius 2 is 1.32 bits per heavy atom. The highest BCUT2D eigenvalue weighted by Gasteiger charge is 2.20. The first-order valence-corrected chi connectivity index (χ1v) is 8.45. The van der Waals surface area contributed by atoms with Crippen molar-refractivity contribution in [2.75, 3.05) is 21.3 Å². The molecular formula is C22H20O6. The van der Waals surface area contributed by atoms with Crippen LogP contribution in [0.4, 0.5) is 0 Å². The lowest BCUT2D eigenvalue weighted by molar-refractivity contribution is 0.103. The number of rotatable bonds is 6. The van der Waals surface area contributed by atoms with Crippen LogP contribution in [0.5, 0.6) is 28.7 Å². The number of aromatic hydroxyl groups is 2. The van der Waals surface area contributed by atoms with E-state index in [1.807, 2.05) is 0 Å². The third kappa shape index (κ3) is 3.57. The van der Waals surface area contributed by atoms with Gasteiger partial charge in [0.25, 0.3) is 0 Å². The van der Waals surface area contributed by atoms with Gasteiger partial charge in [-0.1, -0.05) is 18.2 Å². The summed E-state index contributed by atoms with van der Waals surface area (Å²) in [6.45, 7) is 0. The van der Waals surface area contributed by atoms with Crippen LogP contribution in [0.1, 0.15) is 15.9 Å². The number of phenols is 2. The van der Waals surface area contributed by atoms with Crippen LogP contribution in [0.15, 0.2) is 54.6 Å². The Morgan fingerprint density at radius 3 is 1.86 bits per heavy atom. The smallest absolute Gasteiger partial charge is 0.203 e. The molecule has 3 aromatic carbocycles. The maximum atomic E-state index is 13.1. The Kier molecular flexibility index (Phi) is 5.40. The van der Waals surface area contributed by atoms with Gasteiger partial charge in [0.1, 0.15) is 11.5 Å². The molecule has 0 aliphatic rings. The van der Waals surface area contributed by atoms with Crippen molar-refractivity contribution in [2.45, 2.75) is 0 Å². The zero-order valence-corrected chi connectivity index (χ0v) is 15.7. The Hall–Kier alpha value is -3.67. The SMILES string of the molecule is COc1cc(C(=O)c2cc(-c3ccc(O)cc3)ccc2O)cc(OC)c1OC. The van der Waals surface area contributed by atoms with Crippen LogP contribution in [-0.2, 0) is 0 Å². The second-order valence-corrected chi connectivity index (χ2v) is 6.02. The highest BCUT2D eigenvalue weighted by Crippen LogP contribution is 2.39. The predicted molar refractivity (Wildman–Crippen MR) is 105 cm³/mol. The molecule has 0 saturated carbocycles. The minimum absolute atomic E-state index is 0.138. The van der Waals surface area contributed by atoms with E-state index in [0.29, 0.717) is 17.2 Å². The van der Waals surface area contributed by atoms with E-state index >= 15 is 0 Å². The average Bonchev–Trinajstić information content (AvgIpc) is 2.73. The number of carbonyl (C=O) groups excluding carboxylic acids is 1. The van der Waals surface area contributed by atoms with Crippen LogP contribution in [0, 0.1) is 0 Å². The van der Waals surface area contributed by atoms with Crippen LogP contribution in [0.3, 0.4) is 0 Å². The molecule has 2 N–H and O–H groups in total. The summed E-state index contributed by atoms with van der Waals surface area (Å²) in [6.07, 6.45) is 0. The normalized spacial score (nSPS) is 10.4. The number of hydrogen-bond acceptors (Lipinski definition) is 6. The molecule has 0 atom stereocenters. The molecule has 0 bridgehead atoms. The van der Waals surface area contributed by atoms with Gasteiger partial charge in [0.05, 0.1) is 26.9 Å². The van der Waals surface area contributed by atoms with E-state index < -0.39 is 5.78 Å². The minimum Gasteiger partial charge on any atom is -0.508 e. The number of benzene rings is 3. The van der Waals surface area contributed by atoms with Gasteiger partial charge in [-0.3, -0.25) is 4.79 Å². The first-order valence-electron chi connectivity index (χ1n) is 8.45. The summed E-state index contributed by atoms with van der Waals surface area (Å²) in [5.74, 6) is 0.692. The maximum Gasteiger partial charge on any atom is 0.203 e. The van der Waals surface area contributed by atoms with Gasteiger partial charge in [-0.15, -0.1) is 0 Å². The van der Waals surface area contributed by atoms with E-state index in [1.54, 1.807) is 36.4 Å². The van der Waals surface area contributed by atoms with Crippen molar-refractivity contribution in [3.8, 4) is 39.9 Å². The summed E-state index contributed by atoms with van der Waals surface area (Å²) in [5.41, 5.74) is 1.96. The average molecular weight is 380 g/mol. The third-order valence-corrected chi connectivity index (χ3v) is 4.37. The summed E-state index contributed by atoms with van der Waals surface area (Å²) >= 11 is 0. The van der Waals surface area contributed by atoms with E-state index in [2.05, 4.69) is 0 Å². The number of phenolic OH excluding ortho intramolecular Hbond substituents is 2. The molecule has 0 amide bonds. The molecule has 0 unspecified atom stereocenters. The molecule has 0 aromatic heterocycles. The molecule has 0 radical (unpaired) electrons. The van der Waals surface area contributed by atoms with E-state index in [-0.39, 0.29) is 22.6 Å². The van der Waals surface area contributed by atoms with Crippen molar-refractivity contribution in [3.63, 3.8) is 0 Å². The highest BCUT2D eigenvalue weighted by molar-refractivity contribution is 6.11. The van der Waals surface area contributed by atoms with Gasteiger partial charge in [0.15, 0.2) is 17.3 Å². The van der Waals surface area contributed by atoms with Crippen molar-refractivity contribution >= 4 is 5.78 Å². The number of ketones is 1. The molecule has 144 valence electrons. The first-order chi connectivity index (χ1) is 13.5. The fraction of sp³-hybridized carbons (Fsp3) is 0.136. The van der Waals surface area contributed by atoms with Crippen molar-refractivity contribution in [1.29, 1.82) is 0 Å². The largest absolute Gasteiger partial charge is 0.508 e. The molecule has 0 aliphatic heterocycles. The van der Waals surface area contributed by atoms with Crippen LogP contribution in [0.25, 0.3) is 11.1 Å². The highest BCUT2D eigenvalue weighted by atomic mass is 16.5. The molecule has 0 aliphatic carbocycles. The van der Waals surface area contributed by atoms with Crippen LogP contribution >= 0.6 is 0 Å². The third-order valence-electron chi connectivity index (χ3n) is 4.37. The lowest BCUT2D eigenvalue weighted by Crippen LogP contribution is -2.05. The second kappa shape index (κ2) is 7.92. The summed E-state index contributed by atoms with van der Waals surface area (Å²) < 4.78 is 15.9. The summed E-state index contributed by atoms with van der Waals surface area (Å²) in [7, 11) is 4.41. The molecule has 3 aromatic rings. The Bertz CT molecular complexity index is 983. The Balaban J connectivity index is 2.07. The van der Waals surface area contributed by atoms with Gasteiger partial charge < -0.3 is 24.4 Å². The van der Waals surface area contributed by atoms with Crippen LogP contribution in [-0.4, -0.2) is 37.3 Å². The molecule has 3 rings (SSSR count). The van der Waals surface area contributed by atoms with Crippen molar-refractivity contribution in [3.05, 3.63) is 65.7 Å². The molecule has 0 spiro atoms. The molecule has 6 nitrogen and oxygen atoms in total. The number of hydrogen-bond donors (Lipinski definition) is 2. The topological polar surface area (TPSA) is 85.2 Å². The van der Waals surface area contributed by atoms with E-state index in [0.717, 1.165) is 11.1 Å². The summed E-state index contributed by atoms with van der Waals surface area (Å²) in [5, 5.41) is 19.7. The van der Waals surface area contributed by atoms with Crippen molar-refractivity contribution in [2.24, 2.45) is 0 Å². The van der Waals surface area contributed by atoms with Crippen LogP contribution in [0.2, 0.25) is 0 Å². The van der Waals surface area contributed by atoms with Gasteiger partial charge in [-0.25, -0.2) is 0 Å². The van der Waals surface area contributed by atoms with Gasteiger partial charge in [0, 0.05) is 5.56 Å². The first kappa shape index (κ1) is 19.1. The fourth-order valence-corrected chi connectivity index (χ4v) is 2.92. The summed E-state index contributed by atoms with van der Waals surface area (Å²) in [4.78, 5) is 13.1. The Morgan fingerprint density at radius 1 is 0.750 bits per heavy atom. The molecule has 6 heteroatoms. The van der Waals surface area contributed by atoms with E-state index in [1.165, 1.54) is 39.5 Å². The molecule has 0 heterocycles. The molecule has 0 fully saturated rings. The van der Waals surface area contributed by atoms with Gasteiger partial charge in [0.2, 0.25) is 5.75 Å². The van der Waals surface area contributed by atoms with Gasteiger partial charge >= 0.3 is 0 Å². The van der Waals surface area contributed by atoms with Crippen LogP contribution < -0.4 is 14.2 Å². The molecular weight excluding hydrogens is 360 g/mol. The molecule has 0 saturated heterocycles. The zero-order valence-electron chi connectivity index (χ0n) is 15.7.